The van der Waals surface area contributed by atoms with E-state index in [1.165, 1.54) is 5.56 Å². The molecule has 1 aromatic rings. The number of hydrogen-bond donors (Lipinski definition) is 1. The van der Waals surface area contributed by atoms with E-state index >= 15 is 0 Å². The molecule has 0 fully saturated rings. The summed E-state index contributed by atoms with van der Waals surface area (Å²) in [6.07, 6.45) is 3.24. The van der Waals surface area contributed by atoms with Gasteiger partial charge < -0.3 is 5.11 Å². The molecule has 1 heterocycles. The van der Waals surface area contributed by atoms with E-state index in [9.17, 15) is 5.11 Å². The molecule has 0 spiro atoms. The van der Waals surface area contributed by atoms with E-state index in [4.69, 9.17) is 0 Å². The molecule has 0 aliphatic rings. The van der Waals surface area contributed by atoms with E-state index in [0.29, 0.717) is 5.92 Å². The lowest BCUT2D eigenvalue weighted by atomic mass is 9.85. The molecular weight excluding hydrogens is 162 g/mol. The summed E-state index contributed by atoms with van der Waals surface area (Å²) < 4.78 is 0. The zero-order chi connectivity index (χ0) is 9.84. The Bertz CT molecular complexity index is 236. The highest BCUT2D eigenvalue weighted by atomic mass is 16.3. The summed E-state index contributed by atoms with van der Waals surface area (Å²) in [7, 11) is 0. The van der Waals surface area contributed by atoms with Crippen LogP contribution in [0.15, 0.2) is 24.5 Å². The van der Waals surface area contributed by atoms with Crippen LogP contribution in [0, 0.1) is 5.92 Å². The number of aliphatic hydroxyl groups excluding tert-OH is 1. The van der Waals surface area contributed by atoms with Crippen LogP contribution >= 0.6 is 0 Å². The fraction of sp³-hybridized carbons (Fsp3) is 0.545. The van der Waals surface area contributed by atoms with Gasteiger partial charge in [-0.2, -0.15) is 0 Å². The maximum atomic E-state index is 9.62. The van der Waals surface area contributed by atoms with Crippen molar-refractivity contribution in [1.82, 2.24) is 4.98 Å². The Balaban J connectivity index is 2.89. The van der Waals surface area contributed by atoms with Gasteiger partial charge in [-0.05, 0) is 30.5 Å². The molecule has 2 nitrogen and oxygen atoms in total. The van der Waals surface area contributed by atoms with Crippen molar-refractivity contribution in [2.75, 3.05) is 0 Å². The fourth-order valence-corrected chi connectivity index (χ4v) is 1.81. The highest BCUT2D eigenvalue weighted by molar-refractivity contribution is 5.17. The van der Waals surface area contributed by atoms with Crippen molar-refractivity contribution >= 4 is 0 Å². The molecule has 1 aromatic heterocycles. The Labute approximate surface area is 79.6 Å². The van der Waals surface area contributed by atoms with Gasteiger partial charge in [-0.1, -0.05) is 13.8 Å². The third-order valence-corrected chi connectivity index (χ3v) is 2.33. The van der Waals surface area contributed by atoms with E-state index in [2.05, 4.69) is 18.8 Å². The number of aromatic nitrogens is 1. The molecule has 0 saturated heterocycles. The summed E-state index contributed by atoms with van der Waals surface area (Å²) in [5.74, 6) is 0.658. The molecule has 0 saturated carbocycles. The Morgan fingerprint density at radius 3 is 2.08 bits per heavy atom. The van der Waals surface area contributed by atoms with Gasteiger partial charge in [0.05, 0.1) is 6.10 Å². The molecule has 0 aromatic carbocycles. The average Bonchev–Trinajstić information content (AvgIpc) is 2.04. The third-order valence-electron chi connectivity index (χ3n) is 2.33. The van der Waals surface area contributed by atoms with Crippen LogP contribution in [0.25, 0.3) is 0 Å². The summed E-state index contributed by atoms with van der Waals surface area (Å²) in [5.41, 5.74) is 1.17. The Kier molecular flexibility index (Phi) is 3.43. The van der Waals surface area contributed by atoms with Crippen LogP contribution in [0.3, 0.4) is 0 Å². The number of pyridine rings is 1. The SMILES string of the molecule is CC(C)C(c1ccncc1)C(C)O. The second kappa shape index (κ2) is 4.38. The van der Waals surface area contributed by atoms with Crippen LogP contribution in [-0.4, -0.2) is 16.2 Å². The predicted octanol–water partition coefficient (Wildman–Crippen LogP) is 2.20. The summed E-state index contributed by atoms with van der Waals surface area (Å²) in [4.78, 5) is 3.96. The first-order valence-corrected chi connectivity index (χ1v) is 4.71. The number of rotatable bonds is 3. The molecule has 2 atom stereocenters. The summed E-state index contributed by atoms with van der Waals surface area (Å²) in [6, 6.07) is 3.94. The topological polar surface area (TPSA) is 33.1 Å². The van der Waals surface area contributed by atoms with Crippen molar-refractivity contribution in [2.45, 2.75) is 32.8 Å². The first-order chi connectivity index (χ1) is 6.13. The summed E-state index contributed by atoms with van der Waals surface area (Å²) in [6.45, 7) is 6.08. The van der Waals surface area contributed by atoms with E-state index < -0.39 is 0 Å². The fourth-order valence-electron chi connectivity index (χ4n) is 1.81. The van der Waals surface area contributed by atoms with Crippen molar-refractivity contribution < 1.29 is 5.11 Å². The van der Waals surface area contributed by atoms with Gasteiger partial charge in [0.15, 0.2) is 0 Å². The lowest BCUT2D eigenvalue weighted by Gasteiger charge is -2.23. The summed E-state index contributed by atoms with van der Waals surface area (Å²) in [5, 5.41) is 9.62. The van der Waals surface area contributed by atoms with Crippen LogP contribution in [-0.2, 0) is 0 Å². The van der Waals surface area contributed by atoms with Gasteiger partial charge in [-0.25, -0.2) is 0 Å². The van der Waals surface area contributed by atoms with Gasteiger partial charge in [0.2, 0.25) is 0 Å². The molecule has 2 unspecified atom stereocenters. The zero-order valence-corrected chi connectivity index (χ0v) is 8.44. The first-order valence-electron chi connectivity index (χ1n) is 4.71. The number of aliphatic hydroxyl groups is 1. The van der Waals surface area contributed by atoms with Gasteiger partial charge in [0, 0.05) is 18.3 Å². The molecule has 0 amide bonds. The van der Waals surface area contributed by atoms with E-state index in [1.54, 1.807) is 12.4 Å². The molecule has 13 heavy (non-hydrogen) atoms. The van der Waals surface area contributed by atoms with E-state index in [-0.39, 0.29) is 12.0 Å². The first kappa shape index (κ1) is 10.2. The quantitative estimate of drug-likeness (QED) is 0.771. The molecule has 0 aliphatic heterocycles. The monoisotopic (exact) mass is 179 g/mol. The molecule has 0 bridgehead atoms. The Morgan fingerprint density at radius 2 is 1.69 bits per heavy atom. The van der Waals surface area contributed by atoms with Crippen molar-refractivity contribution in [1.29, 1.82) is 0 Å². The minimum Gasteiger partial charge on any atom is -0.393 e. The second-order valence-electron chi connectivity index (χ2n) is 3.79. The van der Waals surface area contributed by atoms with Crippen LogP contribution < -0.4 is 0 Å². The van der Waals surface area contributed by atoms with Gasteiger partial charge >= 0.3 is 0 Å². The van der Waals surface area contributed by atoms with Gasteiger partial charge in [-0.3, -0.25) is 4.98 Å². The Morgan fingerprint density at radius 1 is 1.15 bits per heavy atom. The minimum atomic E-state index is -0.303. The van der Waals surface area contributed by atoms with E-state index in [0.717, 1.165) is 0 Å². The second-order valence-corrected chi connectivity index (χ2v) is 3.79. The van der Waals surface area contributed by atoms with E-state index in [1.807, 2.05) is 19.1 Å². The zero-order valence-electron chi connectivity index (χ0n) is 8.44. The molecule has 1 N–H and O–H groups in total. The van der Waals surface area contributed by atoms with Crippen molar-refractivity contribution in [2.24, 2.45) is 5.92 Å². The predicted molar refractivity (Wildman–Crippen MR) is 53.5 cm³/mol. The van der Waals surface area contributed by atoms with Crippen LogP contribution in [0.4, 0.5) is 0 Å². The van der Waals surface area contributed by atoms with Crippen molar-refractivity contribution in [3.05, 3.63) is 30.1 Å². The molecule has 72 valence electrons. The van der Waals surface area contributed by atoms with Crippen LogP contribution in [0.1, 0.15) is 32.3 Å². The van der Waals surface area contributed by atoms with Crippen LogP contribution in [0.2, 0.25) is 0 Å². The molecule has 2 heteroatoms. The van der Waals surface area contributed by atoms with Gasteiger partial charge in [0.25, 0.3) is 0 Å². The van der Waals surface area contributed by atoms with Crippen LogP contribution in [0.5, 0.6) is 0 Å². The maximum Gasteiger partial charge on any atom is 0.0583 e. The maximum absolute atomic E-state index is 9.62. The summed E-state index contributed by atoms with van der Waals surface area (Å²) >= 11 is 0. The third kappa shape index (κ3) is 2.52. The highest BCUT2D eigenvalue weighted by Gasteiger charge is 2.20. The Hall–Kier alpha value is -0.890. The molecule has 0 radical (unpaired) electrons. The number of nitrogens with zero attached hydrogens (tertiary/aromatic N) is 1. The van der Waals surface area contributed by atoms with Gasteiger partial charge in [0.1, 0.15) is 0 Å². The lowest BCUT2D eigenvalue weighted by molar-refractivity contribution is 0.140. The molecule has 0 aliphatic carbocycles. The standard InChI is InChI=1S/C11H17NO/c1-8(2)11(9(3)13)10-4-6-12-7-5-10/h4-9,11,13H,1-3H3. The normalized spacial score (nSPS) is 15.8. The average molecular weight is 179 g/mol. The molecular formula is C11H17NO. The molecule has 1 rings (SSSR count). The lowest BCUT2D eigenvalue weighted by Crippen LogP contribution is -2.19. The van der Waals surface area contributed by atoms with Crippen molar-refractivity contribution in [3.63, 3.8) is 0 Å². The number of hydrogen-bond acceptors (Lipinski definition) is 2. The minimum absolute atomic E-state index is 0.211. The van der Waals surface area contributed by atoms with Crippen molar-refractivity contribution in [3.8, 4) is 0 Å². The van der Waals surface area contributed by atoms with Gasteiger partial charge in [-0.15, -0.1) is 0 Å². The largest absolute Gasteiger partial charge is 0.393 e. The smallest absolute Gasteiger partial charge is 0.0583 e. The highest BCUT2D eigenvalue weighted by Crippen LogP contribution is 2.27.